The van der Waals surface area contributed by atoms with Gasteiger partial charge >= 0.3 is 0 Å². The molecule has 0 radical (unpaired) electrons. The van der Waals surface area contributed by atoms with Crippen molar-refractivity contribution in [3.8, 4) is 11.3 Å². The lowest BCUT2D eigenvalue weighted by atomic mass is 9.71. The highest BCUT2D eigenvalue weighted by molar-refractivity contribution is 6.03. The second-order valence-corrected chi connectivity index (χ2v) is 9.36. The number of rotatable bonds is 1. The zero-order valence-electron chi connectivity index (χ0n) is 19.1. The molecule has 2 nitrogen and oxygen atoms in total. The first kappa shape index (κ1) is 15.2. The number of aromatic nitrogens is 2. The van der Waals surface area contributed by atoms with E-state index in [4.69, 9.17) is 12.7 Å². The summed E-state index contributed by atoms with van der Waals surface area (Å²) in [6, 6.07) is 16.4. The zero-order chi connectivity index (χ0) is 21.5. The molecule has 140 valence electrons. The van der Waals surface area contributed by atoms with Gasteiger partial charge in [0.15, 0.2) is 0 Å². The van der Waals surface area contributed by atoms with Gasteiger partial charge in [0.05, 0.1) is 16.9 Å². The molecule has 2 aromatic heterocycles. The second-order valence-electron chi connectivity index (χ2n) is 9.36. The first-order valence-corrected chi connectivity index (χ1v) is 9.86. The van der Waals surface area contributed by atoms with Gasteiger partial charge in [0.25, 0.3) is 0 Å². The second kappa shape index (κ2) is 5.64. The lowest BCUT2D eigenvalue weighted by molar-refractivity contribution is 0.411. The van der Waals surface area contributed by atoms with Crippen molar-refractivity contribution < 1.29 is 2.74 Å². The van der Waals surface area contributed by atoms with Crippen LogP contribution in [0.4, 0.5) is 0 Å². The molecular weight excluding hydrogens is 340 g/mol. The molecule has 0 aliphatic heterocycles. The number of para-hydroxylation sites is 1. The fraction of sp³-hybridized carbons (Fsp3) is 0.308. The van der Waals surface area contributed by atoms with Gasteiger partial charge in [-0.15, -0.1) is 0 Å². The van der Waals surface area contributed by atoms with Crippen LogP contribution in [-0.4, -0.2) is 9.97 Å². The van der Waals surface area contributed by atoms with Crippen LogP contribution in [0.1, 0.15) is 54.2 Å². The Labute approximate surface area is 169 Å². The van der Waals surface area contributed by atoms with Crippen LogP contribution in [-0.2, 0) is 11.8 Å². The molecule has 1 aliphatic rings. The molecule has 0 fully saturated rings. The van der Waals surface area contributed by atoms with E-state index in [1.54, 1.807) is 0 Å². The van der Waals surface area contributed by atoms with Gasteiger partial charge in [-0.05, 0) is 46.5 Å². The number of benzene rings is 2. The molecular formula is C26H26N2. The van der Waals surface area contributed by atoms with E-state index in [1.165, 1.54) is 0 Å². The summed E-state index contributed by atoms with van der Waals surface area (Å²) < 4.78 is 17.7. The topological polar surface area (TPSA) is 25.8 Å². The molecule has 0 spiro atoms. The maximum absolute atomic E-state index is 8.86. The molecule has 0 unspecified atom stereocenters. The average molecular weight is 369 g/mol. The van der Waals surface area contributed by atoms with Crippen LogP contribution in [0, 0.1) is 5.41 Å². The third-order valence-electron chi connectivity index (χ3n) is 5.63. The molecule has 2 aromatic carbocycles. The summed E-state index contributed by atoms with van der Waals surface area (Å²) in [5.41, 5.74) is 4.92. The van der Waals surface area contributed by atoms with E-state index in [9.17, 15) is 0 Å². The summed E-state index contributed by atoms with van der Waals surface area (Å²) in [5.74, 6) is 0. The van der Waals surface area contributed by atoms with Gasteiger partial charge in [-0.3, -0.25) is 9.97 Å². The standard InChI is InChI=1S/C26H26N2/c1-25(2,3)15-16-12-18-10-11-27-23-19-14-17-8-6-7-9-21(17)28-24(19)26(4,5)20(13-16)22(18)23/h6-14H,15H2,1-5H3/i15D2. The Balaban J connectivity index is 1.90. The molecule has 2 heterocycles. The fourth-order valence-corrected chi connectivity index (χ4v) is 4.42. The van der Waals surface area contributed by atoms with Crippen molar-refractivity contribution >= 4 is 21.7 Å². The molecule has 0 atom stereocenters. The Morgan fingerprint density at radius 1 is 1.00 bits per heavy atom. The van der Waals surface area contributed by atoms with Crippen LogP contribution in [0.3, 0.4) is 0 Å². The number of hydrogen-bond acceptors (Lipinski definition) is 2. The van der Waals surface area contributed by atoms with Crippen molar-refractivity contribution in [2.45, 2.75) is 46.4 Å². The minimum absolute atomic E-state index is 0.363. The fourth-order valence-electron chi connectivity index (χ4n) is 4.42. The van der Waals surface area contributed by atoms with Crippen molar-refractivity contribution in [3.63, 3.8) is 0 Å². The Bertz CT molecular complexity index is 1330. The molecule has 0 N–H and O–H groups in total. The normalized spacial score (nSPS) is 16.6. The quantitative estimate of drug-likeness (QED) is 0.374. The predicted octanol–water partition coefficient (Wildman–Crippen LogP) is 6.68. The Morgan fingerprint density at radius 3 is 2.57 bits per heavy atom. The molecule has 1 aliphatic carbocycles. The van der Waals surface area contributed by atoms with Crippen molar-refractivity contribution in [1.82, 2.24) is 9.97 Å². The molecule has 5 rings (SSSR count). The van der Waals surface area contributed by atoms with Gasteiger partial charge in [0.1, 0.15) is 0 Å². The summed E-state index contributed by atoms with van der Waals surface area (Å²) in [6.07, 6.45) is 0.365. The maximum atomic E-state index is 8.86. The molecule has 0 bridgehead atoms. The van der Waals surface area contributed by atoms with E-state index in [2.05, 4.69) is 32.0 Å². The van der Waals surface area contributed by atoms with Gasteiger partial charge in [0, 0.05) is 30.7 Å². The Morgan fingerprint density at radius 2 is 1.79 bits per heavy atom. The van der Waals surface area contributed by atoms with Crippen molar-refractivity contribution in [3.05, 3.63) is 71.5 Å². The van der Waals surface area contributed by atoms with Crippen molar-refractivity contribution in [2.75, 3.05) is 0 Å². The van der Waals surface area contributed by atoms with Gasteiger partial charge < -0.3 is 0 Å². The number of pyridine rings is 2. The van der Waals surface area contributed by atoms with Gasteiger partial charge in [-0.2, -0.15) is 0 Å². The molecule has 0 saturated carbocycles. The SMILES string of the molecule is [2H]C([2H])(c1cc2c3c(nccc3c1)-c1cc3ccccc3nc1C2(C)C)C(C)(C)C. The van der Waals surface area contributed by atoms with E-state index in [0.29, 0.717) is 5.56 Å². The van der Waals surface area contributed by atoms with E-state index in [1.807, 2.05) is 57.3 Å². The maximum Gasteiger partial charge on any atom is 0.0802 e. The smallest absolute Gasteiger partial charge is 0.0802 e. The van der Waals surface area contributed by atoms with Crippen molar-refractivity contribution in [1.29, 1.82) is 0 Å². The number of hydrogen-bond donors (Lipinski definition) is 0. The van der Waals surface area contributed by atoms with Crippen LogP contribution in [0.5, 0.6) is 0 Å². The van der Waals surface area contributed by atoms with Crippen LogP contribution in [0.15, 0.2) is 54.7 Å². The minimum Gasteiger partial charge on any atom is -0.256 e. The Kier molecular flexibility index (Phi) is 3.06. The molecule has 28 heavy (non-hydrogen) atoms. The highest BCUT2D eigenvalue weighted by Crippen LogP contribution is 2.48. The number of fused-ring (bicyclic) bond motifs is 3. The van der Waals surface area contributed by atoms with Gasteiger partial charge in [-0.1, -0.05) is 65.0 Å². The summed E-state index contributed by atoms with van der Waals surface area (Å²) in [5, 5.41) is 3.25. The van der Waals surface area contributed by atoms with Crippen LogP contribution in [0.2, 0.25) is 0 Å². The van der Waals surface area contributed by atoms with Crippen LogP contribution in [0.25, 0.3) is 32.9 Å². The van der Waals surface area contributed by atoms with E-state index < -0.39 is 11.8 Å². The monoisotopic (exact) mass is 368 g/mol. The van der Waals surface area contributed by atoms with E-state index in [0.717, 1.165) is 44.2 Å². The van der Waals surface area contributed by atoms with E-state index >= 15 is 0 Å². The van der Waals surface area contributed by atoms with Crippen LogP contribution < -0.4 is 0 Å². The predicted molar refractivity (Wildman–Crippen MR) is 118 cm³/mol. The van der Waals surface area contributed by atoms with Gasteiger partial charge in [0.2, 0.25) is 0 Å². The molecule has 0 saturated heterocycles. The highest BCUT2D eigenvalue weighted by Gasteiger charge is 2.36. The average Bonchev–Trinajstić information content (AvgIpc) is 2.69. The molecule has 0 amide bonds. The lowest BCUT2D eigenvalue weighted by Gasteiger charge is -2.34. The first-order chi connectivity index (χ1) is 14.0. The zero-order valence-corrected chi connectivity index (χ0v) is 17.1. The Hall–Kier alpha value is -2.74. The molecule has 4 aromatic rings. The van der Waals surface area contributed by atoms with Gasteiger partial charge in [-0.25, -0.2) is 0 Å². The van der Waals surface area contributed by atoms with E-state index in [-0.39, 0.29) is 5.41 Å². The number of nitrogens with zero attached hydrogens (tertiary/aromatic N) is 2. The molecule has 2 heteroatoms. The summed E-state index contributed by atoms with van der Waals surface area (Å²) in [7, 11) is 0. The third-order valence-corrected chi connectivity index (χ3v) is 5.63. The summed E-state index contributed by atoms with van der Waals surface area (Å²) in [6.45, 7) is 10.2. The lowest BCUT2D eigenvalue weighted by Crippen LogP contribution is -2.26. The third kappa shape index (κ3) is 2.55. The minimum atomic E-state index is -1.46. The first-order valence-electron chi connectivity index (χ1n) is 10.9. The van der Waals surface area contributed by atoms with Crippen LogP contribution >= 0.6 is 0 Å². The summed E-state index contributed by atoms with van der Waals surface area (Å²) in [4.78, 5) is 9.82. The van der Waals surface area contributed by atoms with Crippen molar-refractivity contribution in [2.24, 2.45) is 5.41 Å². The largest absolute Gasteiger partial charge is 0.256 e. The summed E-state index contributed by atoms with van der Waals surface area (Å²) >= 11 is 0. The highest BCUT2D eigenvalue weighted by atomic mass is 14.8.